The Morgan fingerprint density at radius 3 is 2.44 bits per heavy atom. The van der Waals surface area contributed by atoms with Crippen molar-refractivity contribution in [2.75, 3.05) is 13.1 Å². The molecule has 1 aliphatic rings. The summed E-state index contributed by atoms with van der Waals surface area (Å²) in [5.74, 6) is 0.314. The highest BCUT2D eigenvalue weighted by Gasteiger charge is 2.28. The number of carbonyl (C=O) groups is 2. The Labute approximate surface area is 193 Å². The first-order valence-electron chi connectivity index (χ1n) is 11.1. The zero-order valence-corrected chi connectivity index (χ0v) is 19.7. The quantitative estimate of drug-likeness (QED) is 0.597. The Balaban J connectivity index is 1.35. The smallest absolute Gasteiger partial charge is 0.263 e. The maximum absolute atomic E-state index is 12.8. The van der Waals surface area contributed by atoms with E-state index >= 15 is 0 Å². The number of hydrogen-bond acceptors (Lipinski definition) is 4. The molecule has 2 amide bonds. The molecule has 1 fully saturated rings. The number of aromatic nitrogens is 1. The van der Waals surface area contributed by atoms with Gasteiger partial charge in [0.05, 0.1) is 10.7 Å². The summed E-state index contributed by atoms with van der Waals surface area (Å²) in [6, 6.07) is 15.9. The van der Waals surface area contributed by atoms with Gasteiger partial charge in [0, 0.05) is 31.1 Å². The molecule has 1 N–H and O–H groups in total. The van der Waals surface area contributed by atoms with E-state index in [-0.39, 0.29) is 11.8 Å². The fraction of sp³-hybridized carbons (Fsp3) is 0.346. The lowest BCUT2D eigenvalue weighted by Gasteiger charge is -2.31. The standard InChI is InChI=1S/C26H29N3O2S/c1-17-7-9-22(10-8-17)26(31)29-13-11-21(12-14-29)25-28-19(3)23(32-25)24(30)27-16-20-6-4-5-18(2)15-20/h4-10,15,21H,11-14,16H2,1-3H3,(H,27,30). The van der Waals surface area contributed by atoms with Gasteiger partial charge in [-0.3, -0.25) is 9.59 Å². The normalized spacial score (nSPS) is 14.4. The van der Waals surface area contributed by atoms with Crippen molar-refractivity contribution in [2.24, 2.45) is 0 Å². The number of hydrogen-bond donors (Lipinski definition) is 1. The summed E-state index contributed by atoms with van der Waals surface area (Å²) in [5.41, 5.74) is 4.95. The maximum atomic E-state index is 12.8. The van der Waals surface area contributed by atoms with Gasteiger partial charge < -0.3 is 10.2 Å². The number of nitrogens with one attached hydrogen (secondary N) is 1. The lowest BCUT2D eigenvalue weighted by Crippen LogP contribution is -2.37. The first-order chi connectivity index (χ1) is 15.4. The molecular formula is C26H29N3O2S. The number of aryl methyl sites for hydroxylation is 3. The number of nitrogens with zero attached hydrogens (tertiary/aromatic N) is 2. The van der Waals surface area contributed by atoms with Gasteiger partial charge in [0.2, 0.25) is 0 Å². The van der Waals surface area contributed by atoms with Crippen molar-refractivity contribution in [1.29, 1.82) is 0 Å². The largest absolute Gasteiger partial charge is 0.347 e. The molecule has 0 atom stereocenters. The molecular weight excluding hydrogens is 418 g/mol. The van der Waals surface area contributed by atoms with Crippen molar-refractivity contribution in [2.45, 2.75) is 46.1 Å². The van der Waals surface area contributed by atoms with Crippen LogP contribution >= 0.6 is 11.3 Å². The SMILES string of the molecule is Cc1ccc(C(=O)N2CCC(c3nc(C)c(C(=O)NCc4cccc(C)c4)s3)CC2)cc1. The van der Waals surface area contributed by atoms with E-state index in [2.05, 4.69) is 11.4 Å². The van der Waals surface area contributed by atoms with Crippen LogP contribution in [-0.2, 0) is 6.54 Å². The monoisotopic (exact) mass is 447 g/mol. The molecule has 0 radical (unpaired) electrons. The van der Waals surface area contributed by atoms with E-state index in [1.807, 2.05) is 68.1 Å². The van der Waals surface area contributed by atoms with Crippen LogP contribution in [0.5, 0.6) is 0 Å². The Hall–Kier alpha value is -2.99. The lowest BCUT2D eigenvalue weighted by molar-refractivity contribution is 0.0712. The van der Waals surface area contributed by atoms with E-state index in [1.54, 1.807) is 0 Å². The van der Waals surface area contributed by atoms with Crippen LogP contribution in [0.1, 0.15) is 66.2 Å². The second kappa shape index (κ2) is 9.65. The van der Waals surface area contributed by atoms with E-state index in [0.29, 0.717) is 30.4 Å². The Bertz CT molecular complexity index is 1110. The molecule has 5 nitrogen and oxygen atoms in total. The average Bonchev–Trinajstić information content (AvgIpc) is 3.19. The molecule has 166 valence electrons. The van der Waals surface area contributed by atoms with Gasteiger partial charge in [-0.05, 0) is 51.3 Å². The molecule has 32 heavy (non-hydrogen) atoms. The highest BCUT2D eigenvalue weighted by Crippen LogP contribution is 2.33. The van der Waals surface area contributed by atoms with E-state index in [0.717, 1.165) is 40.2 Å². The van der Waals surface area contributed by atoms with Crippen molar-refractivity contribution >= 4 is 23.2 Å². The van der Waals surface area contributed by atoms with Crippen molar-refractivity contribution in [1.82, 2.24) is 15.2 Å². The molecule has 0 bridgehead atoms. The van der Waals surface area contributed by atoms with Crippen LogP contribution in [-0.4, -0.2) is 34.8 Å². The summed E-state index contributed by atoms with van der Waals surface area (Å²) >= 11 is 1.49. The van der Waals surface area contributed by atoms with Gasteiger partial charge >= 0.3 is 0 Å². The predicted octanol–water partition coefficient (Wildman–Crippen LogP) is 5.02. The Morgan fingerprint density at radius 2 is 1.75 bits per heavy atom. The molecule has 2 heterocycles. The molecule has 1 saturated heterocycles. The van der Waals surface area contributed by atoms with Gasteiger partial charge in [-0.15, -0.1) is 11.3 Å². The van der Waals surface area contributed by atoms with Crippen LogP contribution in [0.3, 0.4) is 0 Å². The van der Waals surface area contributed by atoms with Gasteiger partial charge in [-0.1, -0.05) is 47.5 Å². The highest BCUT2D eigenvalue weighted by molar-refractivity contribution is 7.13. The fourth-order valence-corrected chi connectivity index (χ4v) is 5.25. The van der Waals surface area contributed by atoms with Crippen molar-refractivity contribution in [3.63, 3.8) is 0 Å². The zero-order chi connectivity index (χ0) is 22.7. The van der Waals surface area contributed by atoms with E-state index in [4.69, 9.17) is 4.98 Å². The summed E-state index contributed by atoms with van der Waals surface area (Å²) in [5, 5.41) is 4.03. The van der Waals surface area contributed by atoms with Gasteiger partial charge in [0.1, 0.15) is 4.88 Å². The van der Waals surface area contributed by atoms with Gasteiger partial charge in [-0.2, -0.15) is 0 Å². The van der Waals surface area contributed by atoms with E-state index < -0.39 is 0 Å². The number of rotatable bonds is 5. The van der Waals surface area contributed by atoms with Crippen LogP contribution in [0.15, 0.2) is 48.5 Å². The van der Waals surface area contributed by atoms with E-state index in [1.165, 1.54) is 16.9 Å². The molecule has 0 unspecified atom stereocenters. The molecule has 0 spiro atoms. The molecule has 2 aromatic carbocycles. The van der Waals surface area contributed by atoms with Crippen molar-refractivity contribution in [3.8, 4) is 0 Å². The summed E-state index contributed by atoms with van der Waals surface area (Å²) in [6.45, 7) is 7.90. The first kappa shape index (κ1) is 22.2. The van der Waals surface area contributed by atoms with Crippen LogP contribution in [0.2, 0.25) is 0 Å². The van der Waals surface area contributed by atoms with Crippen molar-refractivity contribution in [3.05, 3.63) is 86.4 Å². The topological polar surface area (TPSA) is 62.3 Å². The number of benzene rings is 2. The second-order valence-corrected chi connectivity index (χ2v) is 9.60. The van der Waals surface area contributed by atoms with Crippen molar-refractivity contribution < 1.29 is 9.59 Å². The molecule has 4 rings (SSSR count). The highest BCUT2D eigenvalue weighted by atomic mass is 32.1. The molecule has 1 aliphatic heterocycles. The molecule has 0 aliphatic carbocycles. The van der Waals surface area contributed by atoms with Crippen LogP contribution < -0.4 is 5.32 Å². The minimum atomic E-state index is -0.0697. The third-order valence-electron chi connectivity index (χ3n) is 5.98. The van der Waals surface area contributed by atoms with Crippen LogP contribution in [0.4, 0.5) is 0 Å². The second-order valence-electron chi connectivity index (χ2n) is 8.57. The molecule has 3 aromatic rings. The lowest BCUT2D eigenvalue weighted by atomic mass is 9.97. The fourth-order valence-electron chi connectivity index (χ4n) is 4.10. The summed E-state index contributed by atoms with van der Waals surface area (Å²) < 4.78 is 0. The molecule has 0 saturated carbocycles. The minimum absolute atomic E-state index is 0.0697. The number of piperidine rings is 1. The number of likely N-dealkylation sites (tertiary alicyclic amines) is 1. The average molecular weight is 448 g/mol. The van der Waals surface area contributed by atoms with Crippen LogP contribution in [0, 0.1) is 20.8 Å². The van der Waals surface area contributed by atoms with E-state index in [9.17, 15) is 9.59 Å². The number of thiazole rings is 1. The maximum Gasteiger partial charge on any atom is 0.263 e. The predicted molar refractivity (Wildman–Crippen MR) is 128 cm³/mol. The summed E-state index contributed by atoms with van der Waals surface area (Å²) in [6.07, 6.45) is 1.74. The molecule has 6 heteroatoms. The summed E-state index contributed by atoms with van der Waals surface area (Å²) in [7, 11) is 0. The Kier molecular flexibility index (Phi) is 6.70. The van der Waals surface area contributed by atoms with Crippen LogP contribution in [0.25, 0.3) is 0 Å². The van der Waals surface area contributed by atoms with Gasteiger partial charge in [0.15, 0.2) is 0 Å². The Morgan fingerprint density at radius 1 is 1.03 bits per heavy atom. The third kappa shape index (κ3) is 5.07. The summed E-state index contributed by atoms with van der Waals surface area (Å²) in [4.78, 5) is 32.9. The zero-order valence-electron chi connectivity index (χ0n) is 18.9. The number of carbonyl (C=O) groups excluding carboxylic acids is 2. The van der Waals surface area contributed by atoms with Gasteiger partial charge in [-0.25, -0.2) is 4.98 Å². The first-order valence-corrected chi connectivity index (χ1v) is 11.9. The third-order valence-corrected chi connectivity index (χ3v) is 7.30. The van der Waals surface area contributed by atoms with Gasteiger partial charge in [0.25, 0.3) is 11.8 Å². The number of amides is 2. The minimum Gasteiger partial charge on any atom is -0.347 e. The molecule has 1 aromatic heterocycles.